The molecular formula is C14H19N3O. The molecule has 1 heterocycles. The van der Waals surface area contributed by atoms with Gasteiger partial charge in [-0.1, -0.05) is 18.9 Å². The molecule has 1 aliphatic rings. The van der Waals surface area contributed by atoms with Crippen LogP contribution in [-0.2, 0) is 0 Å². The van der Waals surface area contributed by atoms with E-state index in [1.807, 2.05) is 12.1 Å². The maximum atomic E-state index is 6.07. The van der Waals surface area contributed by atoms with E-state index in [0.29, 0.717) is 12.0 Å². The Morgan fingerprint density at radius 1 is 1.50 bits per heavy atom. The van der Waals surface area contributed by atoms with E-state index in [1.54, 1.807) is 7.11 Å². The van der Waals surface area contributed by atoms with Gasteiger partial charge in [0, 0.05) is 6.04 Å². The lowest BCUT2D eigenvalue weighted by Gasteiger charge is -2.15. The summed E-state index contributed by atoms with van der Waals surface area (Å²) in [5.41, 5.74) is 8.00. The number of para-hydroxylation sites is 1. The highest BCUT2D eigenvalue weighted by Crippen LogP contribution is 2.39. The summed E-state index contributed by atoms with van der Waals surface area (Å²) >= 11 is 0. The van der Waals surface area contributed by atoms with Gasteiger partial charge in [-0.3, -0.25) is 0 Å². The minimum absolute atomic E-state index is 0.398. The number of hydrogen-bond donors (Lipinski definition) is 1. The molecule has 1 aromatic heterocycles. The largest absolute Gasteiger partial charge is 0.494 e. The first-order valence-electron chi connectivity index (χ1n) is 6.51. The van der Waals surface area contributed by atoms with E-state index in [9.17, 15) is 0 Å². The van der Waals surface area contributed by atoms with Gasteiger partial charge in [-0.2, -0.15) is 0 Å². The predicted octanol–water partition coefficient (Wildman–Crippen LogP) is 2.99. The molecule has 18 heavy (non-hydrogen) atoms. The van der Waals surface area contributed by atoms with Crippen molar-refractivity contribution in [1.82, 2.24) is 9.55 Å². The third-order valence-corrected chi connectivity index (χ3v) is 3.74. The van der Waals surface area contributed by atoms with Crippen molar-refractivity contribution in [2.75, 3.05) is 12.8 Å². The molecule has 1 aromatic carbocycles. The summed E-state index contributed by atoms with van der Waals surface area (Å²) in [5, 5.41) is 0. The number of fused-ring (bicyclic) bond motifs is 1. The number of anilines is 1. The topological polar surface area (TPSA) is 53.1 Å². The van der Waals surface area contributed by atoms with Gasteiger partial charge in [0.2, 0.25) is 5.95 Å². The summed E-state index contributed by atoms with van der Waals surface area (Å²) in [4.78, 5) is 4.45. The molecule has 0 saturated heterocycles. The molecule has 0 bridgehead atoms. The fourth-order valence-electron chi connectivity index (χ4n) is 2.68. The number of ether oxygens (including phenoxy) is 1. The number of aromatic nitrogens is 2. The van der Waals surface area contributed by atoms with E-state index in [4.69, 9.17) is 10.5 Å². The summed E-state index contributed by atoms with van der Waals surface area (Å²) in [6.07, 6.45) is 3.91. The van der Waals surface area contributed by atoms with Crippen LogP contribution in [0.2, 0.25) is 0 Å². The second kappa shape index (κ2) is 4.19. The summed E-state index contributed by atoms with van der Waals surface area (Å²) in [6.45, 7) is 2.22. The van der Waals surface area contributed by atoms with Crippen LogP contribution in [0.3, 0.4) is 0 Å². The maximum absolute atomic E-state index is 6.07. The molecule has 2 N–H and O–H groups in total. The van der Waals surface area contributed by atoms with Gasteiger partial charge in [0.15, 0.2) is 0 Å². The molecule has 4 nitrogen and oxygen atoms in total. The highest BCUT2D eigenvalue weighted by atomic mass is 16.5. The van der Waals surface area contributed by atoms with Crippen LogP contribution in [0.4, 0.5) is 5.95 Å². The Morgan fingerprint density at radius 3 is 2.94 bits per heavy atom. The third-order valence-electron chi connectivity index (χ3n) is 3.74. The number of imidazole rings is 1. The Bertz CT molecular complexity index is 572. The maximum Gasteiger partial charge on any atom is 0.201 e. The first-order chi connectivity index (χ1) is 8.70. The molecule has 96 valence electrons. The fraction of sp³-hybridized carbons (Fsp3) is 0.500. The lowest BCUT2D eigenvalue weighted by Crippen LogP contribution is -2.09. The zero-order valence-electron chi connectivity index (χ0n) is 10.9. The number of rotatable bonds is 4. The van der Waals surface area contributed by atoms with Crippen molar-refractivity contribution in [3.05, 3.63) is 18.2 Å². The normalized spacial score (nSPS) is 17.0. The van der Waals surface area contributed by atoms with Crippen LogP contribution >= 0.6 is 0 Å². The van der Waals surface area contributed by atoms with Crippen molar-refractivity contribution >= 4 is 17.0 Å². The molecule has 1 atom stereocenters. The number of nitrogen functional groups attached to an aromatic ring is 1. The summed E-state index contributed by atoms with van der Waals surface area (Å²) in [6, 6.07) is 6.37. The van der Waals surface area contributed by atoms with Gasteiger partial charge in [-0.05, 0) is 31.4 Å². The van der Waals surface area contributed by atoms with Gasteiger partial charge in [0.25, 0.3) is 0 Å². The number of nitrogens with two attached hydrogens (primary N) is 1. The quantitative estimate of drug-likeness (QED) is 0.901. The van der Waals surface area contributed by atoms with Crippen molar-refractivity contribution in [1.29, 1.82) is 0 Å². The molecule has 0 aliphatic heterocycles. The van der Waals surface area contributed by atoms with Gasteiger partial charge >= 0.3 is 0 Å². The van der Waals surface area contributed by atoms with E-state index in [0.717, 1.165) is 22.7 Å². The summed E-state index contributed by atoms with van der Waals surface area (Å²) in [7, 11) is 1.66. The molecule has 1 saturated carbocycles. The van der Waals surface area contributed by atoms with Crippen LogP contribution in [0.25, 0.3) is 11.0 Å². The van der Waals surface area contributed by atoms with E-state index < -0.39 is 0 Å². The Kier molecular flexibility index (Phi) is 2.65. The number of hydrogen-bond acceptors (Lipinski definition) is 3. The average molecular weight is 245 g/mol. The monoisotopic (exact) mass is 245 g/mol. The predicted molar refractivity (Wildman–Crippen MR) is 72.7 cm³/mol. The Labute approximate surface area is 107 Å². The van der Waals surface area contributed by atoms with Gasteiger partial charge in [-0.25, -0.2) is 4.98 Å². The second-order valence-electron chi connectivity index (χ2n) is 5.20. The lowest BCUT2D eigenvalue weighted by atomic mass is 10.1. The minimum Gasteiger partial charge on any atom is -0.494 e. The first-order valence-corrected chi connectivity index (χ1v) is 6.51. The zero-order chi connectivity index (χ0) is 12.7. The van der Waals surface area contributed by atoms with Crippen molar-refractivity contribution in [3.63, 3.8) is 0 Å². The van der Waals surface area contributed by atoms with E-state index in [1.165, 1.54) is 19.3 Å². The van der Waals surface area contributed by atoms with E-state index in [-0.39, 0.29) is 0 Å². The van der Waals surface area contributed by atoms with Crippen LogP contribution in [-0.4, -0.2) is 16.7 Å². The number of benzene rings is 1. The Hall–Kier alpha value is -1.71. The first kappa shape index (κ1) is 11.4. The smallest absolute Gasteiger partial charge is 0.201 e. The summed E-state index contributed by atoms with van der Waals surface area (Å²) in [5.74, 6) is 2.25. The van der Waals surface area contributed by atoms with Crippen molar-refractivity contribution < 1.29 is 4.74 Å². The molecular weight excluding hydrogens is 226 g/mol. The van der Waals surface area contributed by atoms with Crippen molar-refractivity contribution in [3.8, 4) is 5.75 Å². The molecule has 1 aliphatic carbocycles. The molecule has 0 amide bonds. The van der Waals surface area contributed by atoms with Crippen molar-refractivity contribution in [2.24, 2.45) is 5.92 Å². The third kappa shape index (κ3) is 1.82. The fourth-order valence-corrected chi connectivity index (χ4v) is 2.68. The minimum atomic E-state index is 0.398. The van der Waals surface area contributed by atoms with Gasteiger partial charge in [-0.15, -0.1) is 0 Å². The van der Waals surface area contributed by atoms with Crippen LogP contribution in [0.15, 0.2) is 18.2 Å². The van der Waals surface area contributed by atoms with Crippen LogP contribution in [0.1, 0.15) is 32.2 Å². The van der Waals surface area contributed by atoms with Gasteiger partial charge in [0.1, 0.15) is 11.3 Å². The number of methoxy groups -OCH3 is 1. The molecule has 4 heteroatoms. The SMILES string of the molecule is COc1cccc2c1nc(N)n2C(C)CC1CC1. The van der Waals surface area contributed by atoms with Crippen LogP contribution in [0.5, 0.6) is 5.75 Å². The highest BCUT2D eigenvalue weighted by Gasteiger charge is 2.26. The standard InChI is InChI=1S/C14H19N3O/c1-9(8-10-6-7-10)17-11-4-3-5-12(18-2)13(11)16-14(17)15/h3-5,9-10H,6-8H2,1-2H3,(H2,15,16). The average Bonchev–Trinajstić information content (AvgIpc) is 3.08. The van der Waals surface area contributed by atoms with E-state index in [2.05, 4.69) is 22.5 Å². The molecule has 0 radical (unpaired) electrons. The summed E-state index contributed by atoms with van der Waals surface area (Å²) < 4.78 is 7.47. The molecule has 3 rings (SSSR count). The molecule has 1 fully saturated rings. The van der Waals surface area contributed by atoms with Crippen LogP contribution in [0, 0.1) is 5.92 Å². The number of nitrogens with zero attached hydrogens (tertiary/aromatic N) is 2. The Balaban J connectivity index is 2.07. The highest BCUT2D eigenvalue weighted by molar-refractivity contribution is 5.84. The lowest BCUT2D eigenvalue weighted by molar-refractivity contribution is 0.419. The van der Waals surface area contributed by atoms with Crippen molar-refractivity contribution in [2.45, 2.75) is 32.2 Å². The molecule has 1 unspecified atom stereocenters. The zero-order valence-corrected chi connectivity index (χ0v) is 10.9. The van der Waals surface area contributed by atoms with Gasteiger partial charge < -0.3 is 15.0 Å². The molecule has 0 spiro atoms. The van der Waals surface area contributed by atoms with Crippen LogP contribution < -0.4 is 10.5 Å². The van der Waals surface area contributed by atoms with Gasteiger partial charge in [0.05, 0.1) is 12.6 Å². The second-order valence-corrected chi connectivity index (χ2v) is 5.20. The molecule has 2 aromatic rings. The van der Waals surface area contributed by atoms with E-state index >= 15 is 0 Å². The Morgan fingerprint density at radius 2 is 2.28 bits per heavy atom.